The van der Waals surface area contributed by atoms with Gasteiger partial charge in [-0.3, -0.25) is 0 Å². The van der Waals surface area contributed by atoms with Crippen LogP contribution in [0.1, 0.15) is 25.0 Å². The van der Waals surface area contributed by atoms with Crippen LogP contribution in [0.15, 0.2) is 12.1 Å². The van der Waals surface area contributed by atoms with Crippen LogP contribution in [0, 0.1) is 18.3 Å². The number of benzene rings is 1. The number of ether oxygens (including phenoxy) is 1. The summed E-state index contributed by atoms with van der Waals surface area (Å²) in [6.45, 7) is 7.18. The first-order chi connectivity index (χ1) is 8.42. The predicted octanol–water partition coefficient (Wildman–Crippen LogP) is 3.05. The van der Waals surface area contributed by atoms with Crippen LogP contribution in [0.25, 0.3) is 0 Å². The Morgan fingerprint density at radius 1 is 1.44 bits per heavy atom. The Bertz CT molecular complexity index is 464. The van der Waals surface area contributed by atoms with Crippen LogP contribution >= 0.6 is 11.6 Å². The molecule has 0 unspecified atom stereocenters. The zero-order valence-corrected chi connectivity index (χ0v) is 12.1. The zero-order valence-electron chi connectivity index (χ0n) is 11.3. The van der Waals surface area contributed by atoms with E-state index < -0.39 is 0 Å². The fraction of sp³-hybridized carbons (Fsp3) is 0.500. The van der Waals surface area contributed by atoms with Crippen molar-refractivity contribution in [1.29, 1.82) is 5.26 Å². The maximum absolute atomic E-state index is 8.56. The molecule has 1 aromatic carbocycles. The quantitative estimate of drug-likeness (QED) is 0.658. The van der Waals surface area contributed by atoms with Crippen molar-refractivity contribution in [3.63, 3.8) is 0 Å². The molecule has 4 heteroatoms. The third-order valence-corrected chi connectivity index (χ3v) is 3.39. The highest BCUT2D eigenvalue weighted by Crippen LogP contribution is 2.35. The van der Waals surface area contributed by atoms with Gasteiger partial charge in [-0.05, 0) is 24.6 Å². The largest absolute Gasteiger partial charge is 0.496 e. The van der Waals surface area contributed by atoms with Crippen LogP contribution < -0.4 is 10.1 Å². The first kappa shape index (κ1) is 14.8. The number of methoxy groups -OCH3 is 1. The summed E-state index contributed by atoms with van der Waals surface area (Å²) in [4.78, 5) is 0. The summed E-state index contributed by atoms with van der Waals surface area (Å²) in [5, 5.41) is 12.4. The van der Waals surface area contributed by atoms with Gasteiger partial charge in [0.2, 0.25) is 0 Å². The zero-order chi connectivity index (χ0) is 13.8. The fourth-order valence-corrected chi connectivity index (χ4v) is 2.04. The maximum Gasteiger partial charge on any atom is 0.123 e. The summed E-state index contributed by atoms with van der Waals surface area (Å²) in [6.07, 6.45) is 0. The van der Waals surface area contributed by atoms with Crippen LogP contribution in [-0.4, -0.2) is 20.2 Å². The second-order valence-electron chi connectivity index (χ2n) is 4.95. The van der Waals surface area contributed by atoms with Gasteiger partial charge in [-0.15, -0.1) is 0 Å². The number of hydrogen-bond donors (Lipinski definition) is 1. The molecule has 18 heavy (non-hydrogen) atoms. The normalized spacial score (nSPS) is 11.1. The van der Waals surface area contributed by atoms with Crippen molar-refractivity contribution in [3.8, 4) is 11.8 Å². The van der Waals surface area contributed by atoms with Gasteiger partial charge in [0.15, 0.2) is 0 Å². The molecule has 0 atom stereocenters. The molecule has 0 saturated heterocycles. The number of nitrogens with zero attached hydrogens (tertiary/aromatic N) is 1. The number of halogens is 1. The van der Waals surface area contributed by atoms with Crippen molar-refractivity contribution in [1.82, 2.24) is 5.32 Å². The molecule has 1 rings (SSSR count). The van der Waals surface area contributed by atoms with E-state index in [-0.39, 0.29) is 5.41 Å². The first-order valence-corrected chi connectivity index (χ1v) is 6.22. The third-order valence-electron chi connectivity index (χ3n) is 2.98. The van der Waals surface area contributed by atoms with Crippen molar-refractivity contribution < 1.29 is 4.74 Å². The molecule has 0 aliphatic carbocycles. The maximum atomic E-state index is 8.56. The van der Waals surface area contributed by atoms with Crippen LogP contribution in [-0.2, 0) is 5.41 Å². The molecular weight excluding hydrogens is 248 g/mol. The molecule has 0 heterocycles. The topological polar surface area (TPSA) is 45.0 Å². The Morgan fingerprint density at radius 3 is 2.67 bits per heavy atom. The number of rotatable bonds is 5. The summed E-state index contributed by atoms with van der Waals surface area (Å²) in [6, 6.07) is 5.97. The van der Waals surface area contributed by atoms with Gasteiger partial charge in [0.1, 0.15) is 5.75 Å². The van der Waals surface area contributed by atoms with Crippen LogP contribution in [0.2, 0.25) is 5.02 Å². The molecule has 3 nitrogen and oxygen atoms in total. The van der Waals surface area contributed by atoms with E-state index in [4.69, 9.17) is 21.6 Å². The number of nitriles is 1. The molecule has 1 aromatic rings. The molecule has 0 aliphatic rings. The highest BCUT2D eigenvalue weighted by atomic mass is 35.5. The van der Waals surface area contributed by atoms with Gasteiger partial charge >= 0.3 is 0 Å². The Hall–Kier alpha value is -1.24. The van der Waals surface area contributed by atoms with Gasteiger partial charge in [-0.1, -0.05) is 25.4 Å². The summed E-state index contributed by atoms with van der Waals surface area (Å²) < 4.78 is 5.42. The van der Waals surface area contributed by atoms with Gasteiger partial charge in [-0.2, -0.15) is 5.26 Å². The van der Waals surface area contributed by atoms with Gasteiger partial charge in [0.25, 0.3) is 0 Å². The lowest BCUT2D eigenvalue weighted by atomic mass is 9.83. The Labute approximate surface area is 114 Å². The highest BCUT2D eigenvalue weighted by molar-refractivity contribution is 6.31. The van der Waals surface area contributed by atoms with E-state index in [0.717, 1.165) is 21.9 Å². The second-order valence-corrected chi connectivity index (χ2v) is 5.35. The molecule has 0 bridgehead atoms. The number of nitrogens with one attached hydrogen (secondary N) is 1. The molecule has 0 aromatic heterocycles. The van der Waals surface area contributed by atoms with E-state index in [1.807, 2.05) is 19.1 Å². The number of hydrogen-bond acceptors (Lipinski definition) is 3. The van der Waals surface area contributed by atoms with Crippen molar-refractivity contribution in [2.75, 3.05) is 20.2 Å². The molecule has 0 saturated carbocycles. The average Bonchev–Trinajstić information content (AvgIpc) is 2.32. The molecule has 0 aliphatic heterocycles. The van der Waals surface area contributed by atoms with E-state index in [2.05, 4.69) is 25.2 Å². The summed E-state index contributed by atoms with van der Waals surface area (Å²) in [7, 11) is 1.66. The Balaban J connectivity index is 3.06. The average molecular weight is 267 g/mol. The minimum atomic E-state index is -0.153. The number of aryl methyl sites for hydroxylation is 1. The minimum absolute atomic E-state index is 0.153. The molecule has 0 amide bonds. The fourth-order valence-electron chi connectivity index (χ4n) is 1.88. The van der Waals surface area contributed by atoms with E-state index in [1.165, 1.54) is 0 Å². The van der Waals surface area contributed by atoms with Crippen LogP contribution in [0.4, 0.5) is 0 Å². The van der Waals surface area contributed by atoms with E-state index >= 15 is 0 Å². The lowest BCUT2D eigenvalue weighted by Crippen LogP contribution is -2.33. The lowest BCUT2D eigenvalue weighted by Gasteiger charge is -2.27. The standard InChI is InChI=1S/C14H19ClN2O/c1-10-7-13(18-4)11(8-12(10)15)14(2,3)9-17-6-5-16/h7-8,17H,6,9H2,1-4H3. The third kappa shape index (κ3) is 3.38. The van der Waals surface area contributed by atoms with Crippen molar-refractivity contribution in [2.24, 2.45) is 0 Å². The van der Waals surface area contributed by atoms with Gasteiger partial charge in [0.05, 0.1) is 19.7 Å². The summed E-state index contributed by atoms with van der Waals surface area (Å²) >= 11 is 6.18. The smallest absolute Gasteiger partial charge is 0.123 e. The van der Waals surface area contributed by atoms with E-state index in [0.29, 0.717) is 13.1 Å². The molecule has 0 fully saturated rings. The Kier molecular flexibility index (Phi) is 5.01. The van der Waals surface area contributed by atoms with Crippen LogP contribution in [0.3, 0.4) is 0 Å². The van der Waals surface area contributed by atoms with Crippen molar-refractivity contribution in [2.45, 2.75) is 26.2 Å². The van der Waals surface area contributed by atoms with Crippen LogP contribution in [0.5, 0.6) is 5.75 Å². The molecule has 0 radical (unpaired) electrons. The first-order valence-electron chi connectivity index (χ1n) is 5.84. The lowest BCUT2D eigenvalue weighted by molar-refractivity contribution is 0.387. The molecule has 0 spiro atoms. The molecule has 1 N–H and O–H groups in total. The monoisotopic (exact) mass is 266 g/mol. The highest BCUT2D eigenvalue weighted by Gasteiger charge is 2.25. The van der Waals surface area contributed by atoms with E-state index in [9.17, 15) is 0 Å². The predicted molar refractivity (Wildman–Crippen MR) is 74.2 cm³/mol. The minimum Gasteiger partial charge on any atom is -0.496 e. The Morgan fingerprint density at radius 2 is 2.11 bits per heavy atom. The van der Waals surface area contributed by atoms with Crippen molar-refractivity contribution >= 4 is 11.6 Å². The van der Waals surface area contributed by atoms with Gasteiger partial charge in [0, 0.05) is 22.5 Å². The SMILES string of the molecule is COc1cc(C)c(Cl)cc1C(C)(C)CNCC#N. The summed E-state index contributed by atoms with van der Waals surface area (Å²) in [5.41, 5.74) is 1.89. The van der Waals surface area contributed by atoms with E-state index in [1.54, 1.807) is 7.11 Å². The van der Waals surface area contributed by atoms with Gasteiger partial charge in [-0.25, -0.2) is 0 Å². The van der Waals surface area contributed by atoms with Crippen molar-refractivity contribution in [3.05, 3.63) is 28.3 Å². The summed E-state index contributed by atoms with van der Waals surface area (Å²) in [5.74, 6) is 0.834. The van der Waals surface area contributed by atoms with Gasteiger partial charge < -0.3 is 10.1 Å². The second kappa shape index (κ2) is 6.08. The molecular formula is C14H19ClN2O. The molecule has 98 valence electrons.